The number of imide groups is 1. The van der Waals surface area contributed by atoms with Gasteiger partial charge in [-0.3, -0.25) is 14.6 Å². The van der Waals surface area contributed by atoms with E-state index in [9.17, 15) is 14.7 Å². The number of nitrogens with one attached hydrogen (secondary N) is 1. The number of hydrogen-bond acceptors (Lipinski definition) is 7. The number of nitriles is 1. The van der Waals surface area contributed by atoms with Crippen LogP contribution in [0.5, 0.6) is 11.5 Å². The summed E-state index contributed by atoms with van der Waals surface area (Å²) in [5.74, 6) is 0.803. The van der Waals surface area contributed by atoms with Gasteiger partial charge in [0.1, 0.15) is 36.8 Å². The van der Waals surface area contributed by atoms with Crippen LogP contribution in [-0.2, 0) is 4.79 Å². The van der Waals surface area contributed by atoms with Crippen molar-refractivity contribution in [2.24, 2.45) is 0 Å². The molecule has 3 rings (SSSR count). The van der Waals surface area contributed by atoms with E-state index >= 15 is 0 Å². The summed E-state index contributed by atoms with van der Waals surface area (Å²) in [6.07, 6.45) is -0.812. The second-order valence-electron chi connectivity index (χ2n) is 6.89. The Morgan fingerprint density at radius 2 is 1.91 bits per heavy atom. The summed E-state index contributed by atoms with van der Waals surface area (Å²) in [6.45, 7) is 0.737. The first kappa shape index (κ1) is 24.9. The van der Waals surface area contributed by atoms with E-state index in [-0.39, 0.29) is 50.6 Å². The summed E-state index contributed by atoms with van der Waals surface area (Å²) in [5, 5.41) is 22.1. The number of aliphatic hydroxyl groups excluding tert-OH is 1. The number of hydrogen-bond donors (Lipinski definition) is 2. The Labute approximate surface area is 192 Å². The Hall–Kier alpha value is -3.32. The third-order valence-electron chi connectivity index (χ3n) is 4.77. The molecule has 0 saturated carbocycles. The first-order chi connectivity index (χ1) is 15.0. The fourth-order valence-electron chi connectivity index (χ4n) is 3.11. The molecular weight excluding hydrogens is 436 g/mol. The molecule has 1 aliphatic rings. The summed E-state index contributed by atoms with van der Waals surface area (Å²) in [5.41, 5.74) is 1.02. The van der Waals surface area contributed by atoms with Gasteiger partial charge in [-0.05, 0) is 36.4 Å². The number of para-hydroxylation sites is 1. The summed E-state index contributed by atoms with van der Waals surface area (Å²) in [7, 11) is 1.56. The Kier molecular flexibility index (Phi) is 9.28. The number of anilines is 1. The second-order valence-corrected chi connectivity index (χ2v) is 6.89. The molecule has 0 bridgehead atoms. The van der Waals surface area contributed by atoms with Crippen molar-refractivity contribution in [2.75, 3.05) is 44.8 Å². The van der Waals surface area contributed by atoms with Crippen LogP contribution in [0.4, 0.5) is 10.5 Å². The van der Waals surface area contributed by atoms with Crippen LogP contribution in [0.1, 0.15) is 5.56 Å². The maximum Gasteiger partial charge on any atom is 0.331 e. The maximum atomic E-state index is 12.6. The van der Waals surface area contributed by atoms with Gasteiger partial charge in [-0.25, -0.2) is 4.79 Å². The van der Waals surface area contributed by atoms with Crippen molar-refractivity contribution in [3.63, 3.8) is 0 Å². The highest BCUT2D eigenvalue weighted by atomic mass is 35.5. The summed E-state index contributed by atoms with van der Waals surface area (Å²) >= 11 is 0. The Balaban J connectivity index is 0.00000363. The van der Waals surface area contributed by atoms with E-state index in [4.69, 9.17) is 14.7 Å². The van der Waals surface area contributed by atoms with E-state index in [1.54, 1.807) is 55.6 Å². The fourth-order valence-corrected chi connectivity index (χ4v) is 3.11. The minimum atomic E-state index is -0.812. The van der Waals surface area contributed by atoms with Crippen LogP contribution in [0.15, 0.2) is 48.5 Å². The third kappa shape index (κ3) is 6.11. The van der Waals surface area contributed by atoms with Crippen LogP contribution in [0.25, 0.3) is 0 Å². The van der Waals surface area contributed by atoms with Crippen LogP contribution >= 0.6 is 12.4 Å². The maximum absolute atomic E-state index is 12.6. The molecule has 0 spiro atoms. The number of methoxy groups -OCH3 is 1. The molecule has 2 N–H and O–H groups in total. The van der Waals surface area contributed by atoms with E-state index in [0.29, 0.717) is 29.3 Å². The molecule has 170 valence electrons. The molecule has 1 heterocycles. The number of aliphatic hydroxyl groups is 1. The zero-order valence-electron chi connectivity index (χ0n) is 17.6. The van der Waals surface area contributed by atoms with E-state index in [1.807, 2.05) is 6.07 Å². The number of urea groups is 1. The molecule has 3 amide bonds. The monoisotopic (exact) mass is 460 g/mol. The van der Waals surface area contributed by atoms with Gasteiger partial charge in [0.2, 0.25) is 0 Å². The molecule has 0 aromatic heterocycles. The molecule has 0 radical (unpaired) electrons. The molecule has 9 nitrogen and oxygen atoms in total. The standard InChI is InChI=1S/C22H24N4O5.ClH/c1-30-19-8-6-17(7-9-19)26-14-21(28)25(22(26)29)11-10-24-13-18(27)15-31-20-5-3-2-4-16(20)12-23;/h2-9,18,24,27H,10-11,13-15H2,1H3;1H. The summed E-state index contributed by atoms with van der Waals surface area (Å²) in [6, 6.07) is 15.4. The number of amides is 3. The van der Waals surface area contributed by atoms with Crippen molar-refractivity contribution in [3.8, 4) is 17.6 Å². The van der Waals surface area contributed by atoms with Gasteiger partial charge in [-0.2, -0.15) is 5.26 Å². The van der Waals surface area contributed by atoms with E-state index in [2.05, 4.69) is 5.32 Å². The zero-order valence-corrected chi connectivity index (χ0v) is 18.4. The van der Waals surface area contributed by atoms with Gasteiger partial charge in [-0.1, -0.05) is 12.1 Å². The topological polar surface area (TPSA) is 115 Å². The molecule has 1 fully saturated rings. The lowest BCUT2D eigenvalue weighted by Crippen LogP contribution is -2.40. The van der Waals surface area contributed by atoms with E-state index < -0.39 is 6.10 Å². The van der Waals surface area contributed by atoms with Gasteiger partial charge in [0, 0.05) is 25.3 Å². The number of carbonyl (C=O) groups is 2. The Bertz CT molecular complexity index is 964. The van der Waals surface area contributed by atoms with Crippen molar-refractivity contribution in [3.05, 3.63) is 54.1 Å². The normalized spacial score (nSPS) is 14.0. The number of rotatable bonds is 10. The minimum absolute atomic E-state index is 0. The second kappa shape index (κ2) is 11.9. The van der Waals surface area contributed by atoms with Crippen LogP contribution in [-0.4, -0.2) is 67.9 Å². The lowest BCUT2D eigenvalue weighted by molar-refractivity contribution is -0.124. The minimum Gasteiger partial charge on any atom is -0.497 e. The highest BCUT2D eigenvalue weighted by Gasteiger charge is 2.36. The number of nitrogens with zero attached hydrogens (tertiary/aromatic N) is 3. The van der Waals surface area contributed by atoms with Gasteiger partial charge < -0.3 is 19.9 Å². The molecule has 1 atom stereocenters. The number of ether oxygens (including phenoxy) is 2. The first-order valence-electron chi connectivity index (χ1n) is 9.80. The third-order valence-corrected chi connectivity index (χ3v) is 4.77. The first-order valence-corrected chi connectivity index (χ1v) is 9.80. The number of benzene rings is 2. The van der Waals surface area contributed by atoms with E-state index in [1.165, 1.54) is 9.80 Å². The average molecular weight is 461 g/mol. The SMILES string of the molecule is COc1ccc(N2CC(=O)N(CCNCC(O)COc3ccccc3C#N)C2=O)cc1.Cl. The predicted octanol–water partition coefficient (Wildman–Crippen LogP) is 1.79. The van der Waals surface area contributed by atoms with Crippen molar-refractivity contribution in [2.45, 2.75) is 6.10 Å². The van der Waals surface area contributed by atoms with Gasteiger partial charge >= 0.3 is 6.03 Å². The van der Waals surface area contributed by atoms with Gasteiger partial charge in [-0.15, -0.1) is 12.4 Å². The van der Waals surface area contributed by atoms with Crippen LogP contribution in [0.2, 0.25) is 0 Å². The van der Waals surface area contributed by atoms with E-state index in [0.717, 1.165) is 0 Å². The van der Waals surface area contributed by atoms with Gasteiger partial charge in [0.15, 0.2) is 0 Å². The quantitative estimate of drug-likeness (QED) is 0.410. The number of carbonyl (C=O) groups excluding carboxylic acids is 2. The summed E-state index contributed by atoms with van der Waals surface area (Å²) in [4.78, 5) is 27.4. The van der Waals surface area contributed by atoms with Crippen molar-refractivity contribution in [1.29, 1.82) is 5.26 Å². The highest BCUT2D eigenvalue weighted by Crippen LogP contribution is 2.23. The smallest absolute Gasteiger partial charge is 0.331 e. The molecule has 1 saturated heterocycles. The molecule has 2 aromatic rings. The average Bonchev–Trinajstić information content (AvgIpc) is 3.08. The van der Waals surface area contributed by atoms with Crippen LogP contribution in [0.3, 0.4) is 0 Å². The lowest BCUT2D eigenvalue weighted by atomic mass is 10.2. The Morgan fingerprint density at radius 3 is 2.59 bits per heavy atom. The number of halogens is 1. The van der Waals surface area contributed by atoms with Crippen LogP contribution < -0.4 is 19.7 Å². The predicted molar refractivity (Wildman–Crippen MR) is 120 cm³/mol. The highest BCUT2D eigenvalue weighted by molar-refractivity contribution is 6.12. The molecule has 1 unspecified atom stereocenters. The molecule has 0 aliphatic carbocycles. The summed E-state index contributed by atoms with van der Waals surface area (Å²) < 4.78 is 10.6. The van der Waals surface area contributed by atoms with Crippen LogP contribution in [0, 0.1) is 11.3 Å². The molecule has 2 aromatic carbocycles. The molecule has 10 heteroatoms. The fraction of sp³-hybridized carbons (Fsp3) is 0.318. The lowest BCUT2D eigenvalue weighted by Gasteiger charge is -2.18. The van der Waals surface area contributed by atoms with Gasteiger partial charge in [0.05, 0.1) is 12.7 Å². The van der Waals surface area contributed by atoms with Crippen molar-refractivity contribution < 1.29 is 24.2 Å². The molecular formula is C22H25ClN4O5. The molecule has 1 aliphatic heterocycles. The Morgan fingerprint density at radius 1 is 1.19 bits per heavy atom. The largest absolute Gasteiger partial charge is 0.497 e. The zero-order chi connectivity index (χ0) is 22.2. The molecule has 32 heavy (non-hydrogen) atoms. The van der Waals surface area contributed by atoms with Gasteiger partial charge in [0.25, 0.3) is 5.91 Å². The van der Waals surface area contributed by atoms with Crippen molar-refractivity contribution in [1.82, 2.24) is 10.2 Å². The van der Waals surface area contributed by atoms with Crippen molar-refractivity contribution >= 4 is 30.0 Å².